The highest BCUT2D eigenvalue weighted by Gasteiger charge is 2.35. The van der Waals surface area contributed by atoms with Crippen molar-refractivity contribution in [3.05, 3.63) is 45.7 Å². The van der Waals surface area contributed by atoms with Gasteiger partial charge in [-0.25, -0.2) is 9.97 Å². The molecular formula is C23H25ClN8O. The van der Waals surface area contributed by atoms with Gasteiger partial charge in [-0.1, -0.05) is 36.9 Å². The van der Waals surface area contributed by atoms with Crippen molar-refractivity contribution >= 4 is 45.4 Å². The minimum absolute atomic E-state index is 0.0496. The summed E-state index contributed by atoms with van der Waals surface area (Å²) in [4.78, 5) is 37.4. The summed E-state index contributed by atoms with van der Waals surface area (Å²) >= 11 is 6.47. The second-order valence-corrected chi connectivity index (χ2v) is 9.33. The van der Waals surface area contributed by atoms with Crippen LogP contribution in [0.4, 0.5) is 11.8 Å². The molecule has 0 amide bonds. The van der Waals surface area contributed by atoms with Gasteiger partial charge >= 0.3 is 0 Å². The number of rotatable bonds is 3. The molecule has 0 unspecified atom stereocenters. The van der Waals surface area contributed by atoms with Gasteiger partial charge in [0.05, 0.1) is 28.3 Å². The maximum absolute atomic E-state index is 13.9. The molecule has 4 heterocycles. The van der Waals surface area contributed by atoms with Crippen LogP contribution in [0.1, 0.15) is 62.9 Å². The fraction of sp³-hybridized carbons (Fsp3) is 0.435. The summed E-state index contributed by atoms with van der Waals surface area (Å²) in [6.45, 7) is 0.775. The van der Waals surface area contributed by atoms with Crippen molar-refractivity contribution in [1.82, 2.24) is 29.5 Å². The molecule has 1 saturated heterocycles. The van der Waals surface area contributed by atoms with Crippen LogP contribution in [0.15, 0.2) is 29.3 Å². The zero-order chi connectivity index (χ0) is 22.5. The second kappa shape index (κ2) is 7.98. The van der Waals surface area contributed by atoms with Crippen molar-refractivity contribution in [2.45, 2.75) is 57.0 Å². The Bertz CT molecular complexity index is 1410. The lowest BCUT2D eigenvalue weighted by Gasteiger charge is -2.32. The molecule has 170 valence electrons. The number of H-pyrrole nitrogens is 1. The molecule has 6 rings (SSSR count). The molecule has 1 atom stereocenters. The van der Waals surface area contributed by atoms with Gasteiger partial charge in [-0.05, 0) is 37.8 Å². The first kappa shape index (κ1) is 20.4. The second-order valence-electron chi connectivity index (χ2n) is 8.93. The van der Waals surface area contributed by atoms with E-state index in [4.69, 9.17) is 22.3 Å². The van der Waals surface area contributed by atoms with Crippen LogP contribution in [0, 0.1) is 0 Å². The normalized spacial score (nSPS) is 19.7. The average molecular weight is 465 g/mol. The Morgan fingerprint density at radius 3 is 2.76 bits per heavy atom. The maximum atomic E-state index is 13.9. The molecule has 3 aromatic heterocycles. The van der Waals surface area contributed by atoms with E-state index in [0.717, 1.165) is 50.9 Å². The van der Waals surface area contributed by atoms with Crippen LogP contribution in [0.5, 0.6) is 0 Å². The van der Waals surface area contributed by atoms with Crippen molar-refractivity contribution in [1.29, 1.82) is 0 Å². The Balaban J connectivity index is 1.56. The van der Waals surface area contributed by atoms with E-state index in [-0.39, 0.29) is 23.6 Å². The molecule has 10 heteroatoms. The van der Waals surface area contributed by atoms with Crippen LogP contribution >= 0.6 is 11.6 Å². The number of halogens is 1. The van der Waals surface area contributed by atoms with Crippen LogP contribution in [-0.2, 0) is 0 Å². The molecule has 2 aliphatic rings. The molecule has 1 saturated carbocycles. The summed E-state index contributed by atoms with van der Waals surface area (Å²) in [5.74, 6) is 1.65. The van der Waals surface area contributed by atoms with Crippen molar-refractivity contribution in [2.24, 2.45) is 0 Å². The van der Waals surface area contributed by atoms with Gasteiger partial charge < -0.3 is 15.6 Å². The average Bonchev–Trinajstić information content (AvgIpc) is 3.48. The summed E-state index contributed by atoms with van der Waals surface area (Å²) in [6, 6.07) is 5.48. The first-order valence-corrected chi connectivity index (χ1v) is 11.9. The smallest absolute Gasteiger partial charge is 0.263 e. The van der Waals surface area contributed by atoms with Gasteiger partial charge in [0.15, 0.2) is 17.0 Å². The summed E-state index contributed by atoms with van der Waals surface area (Å²) < 4.78 is 1.93. The number of anilines is 2. The number of hydrogen-bond acceptors (Lipinski definition) is 7. The lowest BCUT2D eigenvalue weighted by Crippen LogP contribution is -2.35. The third-order valence-corrected chi connectivity index (χ3v) is 7.26. The molecule has 9 nitrogen and oxygen atoms in total. The fourth-order valence-corrected chi connectivity index (χ4v) is 5.72. The van der Waals surface area contributed by atoms with E-state index >= 15 is 0 Å². The largest absolute Gasteiger partial charge is 0.368 e. The number of imidazole rings is 1. The standard InChI is InChI=1S/C23H25ClN8O/c24-14-8-4-9-15-17(14)22(33)32(13-6-2-1-3-7-13)20(28-15)16-10-5-11-31(16)21-18-19(27-12-26-18)29-23(25)30-21/h4,8-9,12-13,16H,1-3,5-7,10-11H2,(H3,25,26,27,29,30)/t16-/m0/s1. The number of nitrogen functional groups attached to an aromatic ring is 1. The van der Waals surface area contributed by atoms with Gasteiger partial charge in [-0.15, -0.1) is 0 Å². The summed E-state index contributed by atoms with van der Waals surface area (Å²) in [7, 11) is 0. The van der Waals surface area contributed by atoms with Crippen molar-refractivity contribution < 1.29 is 0 Å². The molecule has 1 aliphatic carbocycles. The number of nitrogens with one attached hydrogen (secondary N) is 1. The maximum Gasteiger partial charge on any atom is 0.263 e. The van der Waals surface area contributed by atoms with Gasteiger partial charge in [0.1, 0.15) is 5.82 Å². The van der Waals surface area contributed by atoms with Crippen molar-refractivity contribution in [3.8, 4) is 0 Å². The lowest BCUT2D eigenvalue weighted by atomic mass is 9.94. The molecular weight excluding hydrogens is 440 g/mol. The van der Waals surface area contributed by atoms with Gasteiger partial charge in [0, 0.05) is 12.6 Å². The molecule has 1 aromatic carbocycles. The number of hydrogen-bond donors (Lipinski definition) is 2. The van der Waals surface area contributed by atoms with Gasteiger partial charge in [0.25, 0.3) is 5.56 Å². The monoisotopic (exact) mass is 464 g/mol. The Morgan fingerprint density at radius 2 is 1.91 bits per heavy atom. The Kier molecular flexibility index (Phi) is 4.94. The van der Waals surface area contributed by atoms with Crippen LogP contribution in [0.25, 0.3) is 22.1 Å². The predicted octanol–water partition coefficient (Wildman–Crippen LogP) is 4.15. The third kappa shape index (κ3) is 3.33. The van der Waals surface area contributed by atoms with Gasteiger partial charge in [-0.3, -0.25) is 9.36 Å². The third-order valence-electron chi connectivity index (χ3n) is 6.95. The minimum atomic E-state index is -0.114. The molecule has 33 heavy (non-hydrogen) atoms. The van der Waals surface area contributed by atoms with E-state index < -0.39 is 0 Å². The molecule has 3 N–H and O–H groups in total. The topological polar surface area (TPSA) is 119 Å². The lowest BCUT2D eigenvalue weighted by molar-refractivity contribution is 0.330. The quantitative estimate of drug-likeness (QED) is 0.467. The number of aromatic amines is 1. The highest BCUT2D eigenvalue weighted by molar-refractivity contribution is 6.35. The number of benzene rings is 1. The molecule has 0 radical (unpaired) electrons. The predicted molar refractivity (Wildman–Crippen MR) is 129 cm³/mol. The first-order valence-electron chi connectivity index (χ1n) is 11.6. The molecule has 1 aliphatic heterocycles. The van der Waals surface area contributed by atoms with E-state index in [9.17, 15) is 4.79 Å². The number of nitrogens with zero attached hydrogens (tertiary/aromatic N) is 6. The molecule has 4 aromatic rings. The van der Waals surface area contributed by atoms with Crippen LogP contribution < -0.4 is 16.2 Å². The van der Waals surface area contributed by atoms with Crippen molar-refractivity contribution in [3.63, 3.8) is 0 Å². The molecule has 2 fully saturated rings. The van der Waals surface area contributed by atoms with Crippen LogP contribution in [0.3, 0.4) is 0 Å². The first-order chi connectivity index (χ1) is 16.1. The van der Waals surface area contributed by atoms with Crippen LogP contribution in [0.2, 0.25) is 5.02 Å². The summed E-state index contributed by atoms with van der Waals surface area (Å²) in [5, 5.41) is 0.949. The van der Waals surface area contributed by atoms with Crippen LogP contribution in [-0.4, -0.2) is 36.0 Å². The Morgan fingerprint density at radius 1 is 1.06 bits per heavy atom. The Labute approximate surface area is 195 Å². The van der Waals surface area contributed by atoms with Gasteiger partial charge in [0.2, 0.25) is 5.95 Å². The molecule has 0 bridgehead atoms. The SMILES string of the molecule is Nc1nc(N2CCC[C@H]2c2nc3cccc(Cl)c3c(=O)n2C2CCCCC2)c2nc[nH]c2n1. The highest BCUT2D eigenvalue weighted by Crippen LogP contribution is 2.39. The van der Waals surface area contributed by atoms with Crippen molar-refractivity contribution in [2.75, 3.05) is 17.2 Å². The van der Waals surface area contributed by atoms with Gasteiger partial charge in [-0.2, -0.15) is 9.97 Å². The van der Waals surface area contributed by atoms with E-state index in [2.05, 4.69) is 24.8 Å². The summed E-state index contributed by atoms with van der Waals surface area (Å²) in [5.41, 5.74) is 7.87. The zero-order valence-corrected chi connectivity index (χ0v) is 18.9. The highest BCUT2D eigenvalue weighted by atomic mass is 35.5. The number of aromatic nitrogens is 6. The number of nitrogens with two attached hydrogens (primary N) is 1. The van der Waals surface area contributed by atoms with E-state index in [0.29, 0.717) is 32.9 Å². The summed E-state index contributed by atoms with van der Waals surface area (Å²) in [6.07, 6.45) is 8.79. The van der Waals surface area contributed by atoms with E-state index in [1.165, 1.54) is 6.42 Å². The molecule has 0 spiro atoms. The number of fused-ring (bicyclic) bond motifs is 2. The zero-order valence-electron chi connectivity index (χ0n) is 18.2. The Hall–Kier alpha value is -3.20. The minimum Gasteiger partial charge on any atom is -0.368 e. The fourth-order valence-electron chi connectivity index (χ4n) is 5.47. The van der Waals surface area contributed by atoms with E-state index in [1.54, 1.807) is 12.4 Å². The van der Waals surface area contributed by atoms with E-state index in [1.807, 2.05) is 16.7 Å².